The number of alkyl halides is 6. The highest BCUT2D eigenvalue weighted by Gasteiger charge is 2.38. The third-order valence-electron chi connectivity index (χ3n) is 6.08. The minimum Gasteiger partial charge on any atom is -0.446 e. The van der Waals surface area contributed by atoms with Crippen molar-refractivity contribution in [2.75, 3.05) is 17.7 Å². The highest BCUT2D eigenvalue weighted by Crippen LogP contribution is 2.41. The molecule has 2 aromatic rings. The molecule has 3 rings (SSSR count). The monoisotopic (exact) mass is 562 g/mol. The first-order valence-corrected chi connectivity index (χ1v) is 13.1. The predicted molar refractivity (Wildman–Crippen MR) is 132 cm³/mol. The lowest BCUT2D eigenvalue weighted by Gasteiger charge is -2.32. The Morgan fingerprint density at radius 1 is 1.05 bits per heavy atom. The number of anilines is 1. The molecule has 0 bridgehead atoms. The fourth-order valence-corrected chi connectivity index (χ4v) is 4.85. The molecule has 1 aliphatic rings. The Morgan fingerprint density at radius 3 is 2.16 bits per heavy atom. The van der Waals surface area contributed by atoms with Crippen LogP contribution in [0.5, 0.6) is 0 Å². The van der Waals surface area contributed by atoms with Gasteiger partial charge in [-0.3, -0.25) is 9.69 Å². The van der Waals surface area contributed by atoms with Gasteiger partial charge in [0.1, 0.15) is 0 Å². The van der Waals surface area contributed by atoms with Gasteiger partial charge in [-0.05, 0) is 74.4 Å². The van der Waals surface area contributed by atoms with Gasteiger partial charge in [-0.2, -0.15) is 26.3 Å². The second-order valence-electron chi connectivity index (χ2n) is 9.23. The molecule has 2 amide bonds. The van der Waals surface area contributed by atoms with Gasteiger partial charge in [-0.15, -0.1) is 11.8 Å². The smallest absolute Gasteiger partial charge is 0.416 e. The number of hydrogen-bond acceptors (Lipinski definition) is 4. The van der Waals surface area contributed by atoms with Crippen molar-refractivity contribution in [2.24, 2.45) is 0 Å². The summed E-state index contributed by atoms with van der Waals surface area (Å²) in [5.74, 6) is -0.529. The van der Waals surface area contributed by atoms with Crippen LogP contribution < -0.4 is 4.90 Å². The number of ether oxygens (including phenoxy) is 1. The van der Waals surface area contributed by atoms with Crippen LogP contribution in [0.1, 0.15) is 61.9 Å². The summed E-state index contributed by atoms with van der Waals surface area (Å²) in [5, 5.41) is 0. The summed E-state index contributed by atoms with van der Waals surface area (Å²) in [5.41, 5.74) is -2.15. The molecule has 0 saturated heterocycles. The Morgan fingerprint density at radius 2 is 1.66 bits per heavy atom. The summed E-state index contributed by atoms with van der Waals surface area (Å²) in [6, 6.07) is 5.92. The van der Waals surface area contributed by atoms with Crippen LogP contribution in [0.25, 0.3) is 0 Å². The number of fused-ring (bicyclic) bond motifs is 1. The molecule has 5 nitrogen and oxygen atoms in total. The van der Waals surface area contributed by atoms with Crippen molar-refractivity contribution in [3.8, 4) is 0 Å². The fraction of sp³-hybridized carbons (Fsp3) is 0.462. The molecule has 0 N–H and O–H groups in total. The molecule has 1 atom stereocenters. The second-order valence-corrected chi connectivity index (χ2v) is 10.1. The van der Waals surface area contributed by atoms with E-state index in [1.54, 1.807) is 32.0 Å². The number of thioether (sulfide) groups is 1. The molecule has 2 aromatic carbocycles. The van der Waals surface area contributed by atoms with E-state index >= 15 is 0 Å². The van der Waals surface area contributed by atoms with E-state index in [1.165, 1.54) is 28.5 Å². The number of nitrogens with zero attached hydrogens (tertiary/aromatic N) is 2. The standard InChI is InChI=1S/C26H28F6N2O3S/c1-15(2)37-24(36)33-9-5-6-22(21-8-7-20(38-4)13-23(21)33)34(16(3)35)14-17-10-18(25(27,28)29)12-19(11-17)26(30,31)32/h7-8,10-13,15,22H,5-6,9,14H2,1-4H3. The number of hydrogen-bond donors (Lipinski definition) is 0. The van der Waals surface area contributed by atoms with Gasteiger partial charge in [0.05, 0.1) is 29.0 Å². The van der Waals surface area contributed by atoms with Crippen molar-refractivity contribution >= 4 is 29.4 Å². The Labute approximate surface area is 221 Å². The van der Waals surface area contributed by atoms with Crippen molar-refractivity contribution in [1.29, 1.82) is 0 Å². The van der Waals surface area contributed by atoms with Gasteiger partial charge >= 0.3 is 18.4 Å². The van der Waals surface area contributed by atoms with Crippen molar-refractivity contribution in [1.82, 2.24) is 4.90 Å². The van der Waals surface area contributed by atoms with Gasteiger partial charge in [0.15, 0.2) is 0 Å². The van der Waals surface area contributed by atoms with Crippen LogP contribution in [0.2, 0.25) is 0 Å². The molecule has 1 unspecified atom stereocenters. The molecule has 0 spiro atoms. The normalized spacial score (nSPS) is 16.2. The summed E-state index contributed by atoms with van der Waals surface area (Å²) in [6.07, 6.45) is -8.37. The average Bonchev–Trinajstić information content (AvgIpc) is 2.99. The quantitative estimate of drug-likeness (QED) is 0.277. The SMILES string of the molecule is CSc1ccc2c(c1)N(C(=O)OC(C)C)CCCC2N(Cc1cc(C(F)(F)F)cc(C(F)(F)F)c1)C(C)=O. The Bertz CT molecular complexity index is 1150. The van der Waals surface area contributed by atoms with Crippen LogP contribution in [-0.4, -0.2) is 35.8 Å². The van der Waals surface area contributed by atoms with Crippen LogP contribution in [0.3, 0.4) is 0 Å². The Balaban J connectivity index is 2.09. The van der Waals surface area contributed by atoms with Crippen molar-refractivity contribution in [2.45, 2.75) is 69.6 Å². The fourth-order valence-electron chi connectivity index (χ4n) is 4.41. The molecular formula is C26H28F6N2O3S. The van der Waals surface area contributed by atoms with Gasteiger partial charge in [0.2, 0.25) is 5.91 Å². The molecule has 0 aromatic heterocycles. The molecule has 208 valence electrons. The van der Waals surface area contributed by atoms with Crippen LogP contribution in [0, 0.1) is 0 Å². The summed E-state index contributed by atoms with van der Waals surface area (Å²) >= 11 is 1.43. The number of amides is 2. The van der Waals surface area contributed by atoms with E-state index < -0.39 is 48.1 Å². The summed E-state index contributed by atoms with van der Waals surface area (Å²) in [6.45, 7) is 4.41. The molecule has 12 heteroatoms. The maximum atomic E-state index is 13.4. The largest absolute Gasteiger partial charge is 0.446 e. The lowest BCUT2D eigenvalue weighted by Crippen LogP contribution is -2.34. The number of carbonyl (C=O) groups is 2. The highest BCUT2D eigenvalue weighted by atomic mass is 32.2. The van der Waals surface area contributed by atoms with Gasteiger partial charge < -0.3 is 9.64 Å². The van der Waals surface area contributed by atoms with E-state index in [4.69, 9.17) is 4.74 Å². The van der Waals surface area contributed by atoms with Crippen molar-refractivity contribution in [3.63, 3.8) is 0 Å². The van der Waals surface area contributed by atoms with E-state index in [2.05, 4.69) is 0 Å². The van der Waals surface area contributed by atoms with Crippen LogP contribution in [-0.2, 0) is 28.4 Å². The first-order valence-electron chi connectivity index (χ1n) is 11.8. The van der Waals surface area contributed by atoms with E-state index in [0.717, 1.165) is 4.90 Å². The lowest BCUT2D eigenvalue weighted by molar-refractivity contribution is -0.143. The molecule has 1 heterocycles. The predicted octanol–water partition coefficient (Wildman–Crippen LogP) is 7.68. The highest BCUT2D eigenvalue weighted by molar-refractivity contribution is 7.98. The molecule has 0 saturated carbocycles. The topological polar surface area (TPSA) is 49.9 Å². The van der Waals surface area contributed by atoms with E-state index in [-0.39, 0.29) is 24.3 Å². The third kappa shape index (κ3) is 6.95. The molecule has 0 radical (unpaired) electrons. The molecule has 0 fully saturated rings. The van der Waals surface area contributed by atoms with Crippen molar-refractivity contribution < 1.29 is 40.7 Å². The van der Waals surface area contributed by atoms with Crippen molar-refractivity contribution in [3.05, 3.63) is 58.7 Å². The molecule has 1 aliphatic heterocycles. The Kier molecular flexibility index (Phi) is 8.95. The van der Waals surface area contributed by atoms with Gasteiger partial charge in [-0.1, -0.05) is 6.07 Å². The zero-order valence-corrected chi connectivity index (χ0v) is 22.1. The minimum atomic E-state index is -5.00. The zero-order valence-electron chi connectivity index (χ0n) is 21.2. The molecule has 0 aliphatic carbocycles. The zero-order chi connectivity index (χ0) is 28.4. The van der Waals surface area contributed by atoms with Gasteiger partial charge in [0, 0.05) is 24.9 Å². The summed E-state index contributed by atoms with van der Waals surface area (Å²) in [4.78, 5) is 29.2. The Hall–Kier alpha value is -2.89. The molecule has 38 heavy (non-hydrogen) atoms. The third-order valence-corrected chi connectivity index (χ3v) is 6.81. The summed E-state index contributed by atoms with van der Waals surface area (Å²) in [7, 11) is 0. The van der Waals surface area contributed by atoms with Crippen LogP contribution >= 0.6 is 11.8 Å². The van der Waals surface area contributed by atoms with Crippen LogP contribution in [0.4, 0.5) is 36.8 Å². The van der Waals surface area contributed by atoms with Gasteiger partial charge in [-0.25, -0.2) is 4.79 Å². The molecular weight excluding hydrogens is 534 g/mol. The number of benzene rings is 2. The first-order chi connectivity index (χ1) is 17.6. The number of rotatable bonds is 5. The average molecular weight is 563 g/mol. The second kappa shape index (κ2) is 11.5. The first kappa shape index (κ1) is 29.7. The van der Waals surface area contributed by atoms with E-state index in [9.17, 15) is 35.9 Å². The summed E-state index contributed by atoms with van der Waals surface area (Å²) < 4.78 is 85.9. The lowest BCUT2D eigenvalue weighted by atomic mass is 9.98. The number of carbonyl (C=O) groups excluding carboxylic acids is 2. The number of halogens is 6. The minimum absolute atomic E-state index is 0.0602. The van der Waals surface area contributed by atoms with E-state index in [1.807, 2.05) is 6.26 Å². The van der Waals surface area contributed by atoms with E-state index in [0.29, 0.717) is 36.2 Å². The maximum Gasteiger partial charge on any atom is 0.416 e. The maximum absolute atomic E-state index is 13.4. The van der Waals surface area contributed by atoms with Gasteiger partial charge in [0.25, 0.3) is 0 Å². The van der Waals surface area contributed by atoms with Crippen LogP contribution in [0.15, 0.2) is 41.3 Å².